The highest BCUT2D eigenvalue weighted by Gasteiger charge is 2.24. The highest BCUT2D eigenvalue weighted by molar-refractivity contribution is 6.30. The minimum absolute atomic E-state index is 0.155. The fourth-order valence-corrected chi connectivity index (χ4v) is 4.41. The van der Waals surface area contributed by atoms with E-state index in [1.54, 1.807) is 11.6 Å². The van der Waals surface area contributed by atoms with Crippen LogP contribution in [0.1, 0.15) is 11.4 Å². The maximum Gasteiger partial charge on any atom is 0.332 e. The standard InChI is InChI=1S/C22H27ClN6O4/c1-14-5-6-15(23)11-16(14)28-9-7-27(8-10-28)12-17-24-20-19(29(17)13-18(30)33-4)21(31)26(3)22(32)25(20)2/h5-6,11H,7-10,12-13H2,1-4H3. The third-order valence-corrected chi connectivity index (χ3v) is 6.43. The van der Waals surface area contributed by atoms with Crippen LogP contribution in [0.5, 0.6) is 0 Å². The van der Waals surface area contributed by atoms with Crippen LogP contribution in [0.3, 0.4) is 0 Å². The number of anilines is 1. The summed E-state index contributed by atoms with van der Waals surface area (Å²) in [4.78, 5) is 46.4. The van der Waals surface area contributed by atoms with Gasteiger partial charge in [-0.25, -0.2) is 9.78 Å². The van der Waals surface area contributed by atoms with Gasteiger partial charge in [-0.3, -0.25) is 23.6 Å². The summed E-state index contributed by atoms with van der Waals surface area (Å²) < 4.78 is 8.74. The maximum absolute atomic E-state index is 12.9. The predicted octanol–water partition coefficient (Wildman–Crippen LogP) is 0.891. The predicted molar refractivity (Wildman–Crippen MR) is 126 cm³/mol. The van der Waals surface area contributed by atoms with E-state index in [-0.39, 0.29) is 17.7 Å². The van der Waals surface area contributed by atoms with E-state index >= 15 is 0 Å². The van der Waals surface area contributed by atoms with Crippen molar-refractivity contribution in [3.05, 3.63) is 55.4 Å². The average Bonchev–Trinajstić information content (AvgIpc) is 3.16. The van der Waals surface area contributed by atoms with Gasteiger partial charge in [0.15, 0.2) is 11.2 Å². The summed E-state index contributed by atoms with van der Waals surface area (Å²) in [5, 5.41) is 0.710. The Morgan fingerprint density at radius 2 is 1.82 bits per heavy atom. The van der Waals surface area contributed by atoms with Crippen molar-refractivity contribution in [3.63, 3.8) is 0 Å². The molecule has 2 aromatic heterocycles. The molecule has 0 N–H and O–H groups in total. The van der Waals surface area contributed by atoms with E-state index in [0.717, 1.165) is 36.4 Å². The number of benzene rings is 1. The Morgan fingerprint density at radius 3 is 2.48 bits per heavy atom. The zero-order valence-corrected chi connectivity index (χ0v) is 19.9. The first-order chi connectivity index (χ1) is 15.7. The first-order valence-corrected chi connectivity index (χ1v) is 11.0. The molecule has 176 valence electrons. The molecule has 3 aromatic rings. The van der Waals surface area contributed by atoms with Crippen molar-refractivity contribution >= 4 is 34.4 Å². The van der Waals surface area contributed by atoms with E-state index < -0.39 is 17.2 Å². The lowest BCUT2D eigenvalue weighted by atomic mass is 10.1. The molecule has 0 spiro atoms. The Hall–Kier alpha value is -3.11. The molecule has 0 atom stereocenters. The Bertz CT molecular complexity index is 1330. The summed E-state index contributed by atoms with van der Waals surface area (Å²) in [6.45, 7) is 5.49. The number of carbonyl (C=O) groups is 1. The Kier molecular flexibility index (Phi) is 6.31. The maximum atomic E-state index is 12.9. The van der Waals surface area contributed by atoms with E-state index in [1.165, 1.54) is 24.3 Å². The van der Waals surface area contributed by atoms with Gasteiger partial charge in [-0.05, 0) is 24.6 Å². The number of hydrogen-bond donors (Lipinski definition) is 0. The molecule has 1 aliphatic heterocycles. The van der Waals surface area contributed by atoms with Crippen LogP contribution in [0.2, 0.25) is 5.02 Å². The van der Waals surface area contributed by atoms with Crippen molar-refractivity contribution in [2.45, 2.75) is 20.0 Å². The Morgan fingerprint density at radius 1 is 1.12 bits per heavy atom. The number of methoxy groups -OCH3 is 1. The molecule has 1 fully saturated rings. The molecule has 0 saturated carbocycles. The molecule has 0 bridgehead atoms. The number of ether oxygens (including phenoxy) is 1. The average molecular weight is 475 g/mol. The molecular formula is C22H27ClN6O4. The third kappa shape index (κ3) is 4.28. The lowest BCUT2D eigenvalue weighted by Crippen LogP contribution is -2.46. The molecular weight excluding hydrogens is 448 g/mol. The molecule has 0 unspecified atom stereocenters. The molecule has 11 heteroatoms. The lowest BCUT2D eigenvalue weighted by Gasteiger charge is -2.36. The zero-order chi connectivity index (χ0) is 23.9. The molecule has 1 aromatic carbocycles. The molecule has 0 amide bonds. The van der Waals surface area contributed by atoms with Gasteiger partial charge in [0.2, 0.25) is 0 Å². The van der Waals surface area contributed by atoms with Crippen molar-refractivity contribution < 1.29 is 9.53 Å². The monoisotopic (exact) mass is 474 g/mol. The zero-order valence-electron chi connectivity index (χ0n) is 19.2. The summed E-state index contributed by atoms with van der Waals surface area (Å²) >= 11 is 6.19. The van der Waals surface area contributed by atoms with Crippen LogP contribution in [-0.2, 0) is 36.7 Å². The summed E-state index contributed by atoms with van der Waals surface area (Å²) in [7, 11) is 4.28. The molecule has 3 heterocycles. The minimum atomic E-state index is -0.493. The second-order valence-corrected chi connectivity index (χ2v) is 8.70. The van der Waals surface area contributed by atoms with Crippen LogP contribution in [0.25, 0.3) is 11.2 Å². The smallest absolute Gasteiger partial charge is 0.332 e. The summed E-state index contributed by atoms with van der Waals surface area (Å²) in [6, 6.07) is 5.89. The fourth-order valence-electron chi connectivity index (χ4n) is 4.25. The van der Waals surface area contributed by atoms with Crippen molar-refractivity contribution in [1.82, 2.24) is 23.6 Å². The molecule has 0 aliphatic carbocycles. The molecule has 1 aliphatic rings. The summed E-state index contributed by atoms with van der Waals surface area (Å²) in [5.41, 5.74) is 1.82. The number of halogens is 1. The van der Waals surface area contributed by atoms with E-state index in [9.17, 15) is 14.4 Å². The van der Waals surface area contributed by atoms with Gasteiger partial charge >= 0.3 is 11.7 Å². The van der Waals surface area contributed by atoms with E-state index in [1.807, 2.05) is 18.2 Å². The number of aromatic nitrogens is 4. The normalized spacial score (nSPS) is 14.8. The number of nitrogens with zero attached hydrogens (tertiary/aromatic N) is 6. The number of rotatable bonds is 5. The highest BCUT2D eigenvalue weighted by atomic mass is 35.5. The number of carbonyl (C=O) groups excluding carboxylic acids is 1. The number of aryl methyl sites for hydroxylation is 2. The minimum Gasteiger partial charge on any atom is -0.468 e. The number of imidazole rings is 1. The van der Waals surface area contributed by atoms with Crippen molar-refractivity contribution in [3.8, 4) is 0 Å². The fraction of sp³-hybridized carbons (Fsp3) is 0.455. The van der Waals surface area contributed by atoms with Gasteiger partial charge in [-0.1, -0.05) is 17.7 Å². The van der Waals surface area contributed by atoms with Gasteiger partial charge in [0.25, 0.3) is 5.56 Å². The van der Waals surface area contributed by atoms with Crippen LogP contribution in [0, 0.1) is 6.92 Å². The lowest BCUT2D eigenvalue weighted by molar-refractivity contribution is -0.141. The van der Waals surface area contributed by atoms with Crippen molar-refractivity contribution in [2.24, 2.45) is 14.1 Å². The quantitative estimate of drug-likeness (QED) is 0.507. The van der Waals surface area contributed by atoms with Crippen molar-refractivity contribution in [2.75, 3.05) is 38.2 Å². The van der Waals surface area contributed by atoms with Crippen LogP contribution >= 0.6 is 11.6 Å². The Labute approximate surface area is 195 Å². The number of piperazine rings is 1. The second kappa shape index (κ2) is 9.03. The Balaban J connectivity index is 1.63. The molecule has 4 rings (SSSR count). The molecule has 33 heavy (non-hydrogen) atoms. The van der Waals surface area contributed by atoms with Gasteiger partial charge in [0.05, 0.1) is 13.7 Å². The van der Waals surface area contributed by atoms with E-state index in [0.29, 0.717) is 17.4 Å². The van der Waals surface area contributed by atoms with Crippen LogP contribution in [-0.4, -0.2) is 62.8 Å². The molecule has 0 radical (unpaired) electrons. The number of esters is 1. The van der Waals surface area contributed by atoms with Gasteiger partial charge in [-0.2, -0.15) is 0 Å². The largest absolute Gasteiger partial charge is 0.468 e. The number of hydrogen-bond acceptors (Lipinski definition) is 7. The molecule has 1 saturated heterocycles. The summed E-state index contributed by atoms with van der Waals surface area (Å²) in [5.74, 6) is 0.0498. The van der Waals surface area contributed by atoms with E-state index in [2.05, 4.69) is 21.7 Å². The third-order valence-electron chi connectivity index (χ3n) is 6.19. The first-order valence-electron chi connectivity index (χ1n) is 10.7. The van der Waals surface area contributed by atoms with Gasteiger partial charge in [-0.15, -0.1) is 0 Å². The second-order valence-electron chi connectivity index (χ2n) is 8.26. The van der Waals surface area contributed by atoms with Crippen LogP contribution in [0.4, 0.5) is 5.69 Å². The first kappa shape index (κ1) is 23.1. The van der Waals surface area contributed by atoms with Crippen LogP contribution < -0.4 is 16.1 Å². The van der Waals surface area contributed by atoms with E-state index in [4.69, 9.17) is 16.3 Å². The topological polar surface area (TPSA) is 94.6 Å². The highest BCUT2D eigenvalue weighted by Crippen LogP contribution is 2.25. The van der Waals surface area contributed by atoms with Crippen LogP contribution in [0.15, 0.2) is 27.8 Å². The summed E-state index contributed by atoms with van der Waals surface area (Å²) in [6.07, 6.45) is 0. The SMILES string of the molecule is COC(=O)Cn1c(CN2CCN(c3cc(Cl)ccc3C)CC2)nc2c1c(=O)n(C)c(=O)n2C. The van der Waals surface area contributed by atoms with Gasteiger partial charge in [0.1, 0.15) is 12.4 Å². The molecule has 10 nitrogen and oxygen atoms in total. The van der Waals surface area contributed by atoms with Gasteiger partial charge < -0.3 is 14.2 Å². The number of fused-ring (bicyclic) bond motifs is 1. The van der Waals surface area contributed by atoms with Crippen molar-refractivity contribution in [1.29, 1.82) is 0 Å². The van der Waals surface area contributed by atoms with Gasteiger partial charge in [0, 0.05) is 51.0 Å².